The first-order chi connectivity index (χ1) is 17.8. The van der Waals surface area contributed by atoms with Gasteiger partial charge in [-0.15, -0.1) is 5.10 Å². The van der Waals surface area contributed by atoms with E-state index in [0.717, 1.165) is 81.0 Å². The average molecular weight is 503 g/mol. The van der Waals surface area contributed by atoms with E-state index < -0.39 is 11.4 Å². The molecule has 0 spiro atoms. The van der Waals surface area contributed by atoms with E-state index in [-0.39, 0.29) is 11.6 Å². The Morgan fingerprint density at radius 1 is 1.14 bits per heavy atom. The smallest absolute Gasteiger partial charge is 0.149 e. The Morgan fingerprint density at radius 2 is 1.86 bits per heavy atom. The summed E-state index contributed by atoms with van der Waals surface area (Å²) in [7, 11) is 0. The second-order valence-corrected chi connectivity index (χ2v) is 10.8. The number of nitrogens with one attached hydrogen (secondary N) is 1. The first-order valence-electron chi connectivity index (χ1n) is 13.2. The molecule has 37 heavy (non-hydrogen) atoms. The first kappa shape index (κ1) is 25.2. The number of hydrogen-bond acceptors (Lipinski definition) is 6. The molecule has 0 radical (unpaired) electrons. The van der Waals surface area contributed by atoms with E-state index in [9.17, 15) is 9.50 Å². The molecule has 2 aliphatic rings. The van der Waals surface area contributed by atoms with Crippen molar-refractivity contribution >= 4 is 11.5 Å². The van der Waals surface area contributed by atoms with E-state index >= 15 is 0 Å². The standard InChI is InChI=1S/C29H35FN6O/c1-29(37)11-13-35(14-12-29)24-7-9-25(10-8-24)36-27(21-5-6-22(18-31)26(30)16-21)17-28(34-36)33-19-20-3-2-4-23(32)15-20/h5-10,16-17,20,23,37H,2-4,11-15,19,32H2,1H3,(H,33,34)/t20-,23-/m0/s1. The van der Waals surface area contributed by atoms with Gasteiger partial charge in [-0.2, -0.15) is 5.26 Å². The van der Waals surface area contributed by atoms with Crippen molar-refractivity contribution in [3.05, 3.63) is 59.9 Å². The molecule has 2 atom stereocenters. The maximum absolute atomic E-state index is 14.5. The Morgan fingerprint density at radius 3 is 2.54 bits per heavy atom. The van der Waals surface area contributed by atoms with Crippen LogP contribution in [0.3, 0.4) is 0 Å². The van der Waals surface area contributed by atoms with Crippen molar-refractivity contribution in [2.45, 2.75) is 57.1 Å². The number of benzene rings is 2. The van der Waals surface area contributed by atoms with Crippen LogP contribution >= 0.6 is 0 Å². The van der Waals surface area contributed by atoms with Crippen LogP contribution in [0.1, 0.15) is 51.0 Å². The minimum atomic E-state index is -0.594. The van der Waals surface area contributed by atoms with Crippen molar-refractivity contribution in [2.24, 2.45) is 11.7 Å². The van der Waals surface area contributed by atoms with E-state index in [4.69, 9.17) is 16.1 Å². The third kappa shape index (κ3) is 5.79. The van der Waals surface area contributed by atoms with Crippen LogP contribution in [0, 0.1) is 23.1 Å². The summed E-state index contributed by atoms with van der Waals surface area (Å²) in [6.45, 7) is 4.31. The summed E-state index contributed by atoms with van der Waals surface area (Å²) in [5.74, 6) is 0.686. The van der Waals surface area contributed by atoms with Crippen LogP contribution in [0.4, 0.5) is 15.9 Å². The Labute approximate surface area is 217 Å². The Hall–Kier alpha value is -3.41. The highest BCUT2D eigenvalue weighted by molar-refractivity contribution is 5.67. The summed E-state index contributed by atoms with van der Waals surface area (Å²) in [6.07, 6.45) is 5.88. The third-order valence-electron chi connectivity index (χ3n) is 7.79. The highest BCUT2D eigenvalue weighted by atomic mass is 19.1. The van der Waals surface area contributed by atoms with Gasteiger partial charge in [0.25, 0.3) is 0 Å². The molecule has 0 unspecified atom stereocenters. The second kappa shape index (κ2) is 10.5. The number of halogens is 1. The zero-order valence-electron chi connectivity index (χ0n) is 21.3. The van der Waals surface area contributed by atoms with Crippen molar-refractivity contribution in [3.8, 4) is 23.0 Å². The maximum atomic E-state index is 14.5. The minimum Gasteiger partial charge on any atom is -0.390 e. The largest absolute Gasteiger partial charge is 0.390 e. The van der Waals surface area contributed by atoms with E-state index in [0.29, 0.717) is 11.5 Å². The van der Waals surface area contributed by atoms with Gasteiger partial charge in [0, 0.05) is 43.0 Å². The molecule has 1 saturated carbocycles. The second-order valence-electron chi connectivity index (χ2n) is 10.8. The van der Waals surface area contributed by atoms with Gasteiger partial charge in [0.05, 0.1) is 22.5 Å². The number of aliphatic hydroxyl groups is 1. The van der Waals surface area contributed by atoms with Gasteiger partial charge >= 0.3 is 0 Å². The van der Waals surface area contributed by atoms with E-state index in [2.05, 4.69) is 22.3 Å². The number of piperidine rings is 1. The summed E-state index contributed by atoms with van der Waals surface area (Å²) in [6, 6.07) is 16.9. The fourth-order valence-corrected chi connectivity index (χ4v) is 5.45. The number of aromatic nitrogens is 2. The average Bonchev–Trinajstić information content (AvgIpc) is 3.32. The quantitative estimate of drug-likeness (QED) is 0.446. The normalized spacial score (nSPS) is 21.4. The summed E-state index contributed by atoms with van der Waals surface area (Å²) in [5, 5.41) is 27.7. The summed E-state index contributed by atoms with van der Waals surface area (Å²) < 4.78 is 16.3. The van der Waals surface area contributed by atoms with Gasteiger partial charge < -0.3 is 21.1 Å². The molecule has 5 rings (SSSR count). The van der Waals surface area contributed by atoms with Crippen molar-refractivity contribution in [3.63, 3.8) is 0 Å². The molecule has 2 fully saturated rings. The monoisotopic (exact) mass is 502 g/mol. The molecule has 2 aromatic carbocycles. The lowest BCUT2D eigenvalue weighted by molar-refractivity contribution is 0.0351. The van der Waals surface area contributed by atoms with Crippen LogP contribution < -0.4 is 16.0 Å². The Bertz CT molecular complexity index is 1270. The van der Waals surface area contributed by atoms with Crippen molar-refractivity contribution in [1.29, 1.82) is 5.26 Å². The first-order valence-corrected chi connectivity index (χ1v) is 13.2. The SMILES string of the molecule is CC1(O)CCN(c2ccc(-n3nc(NC[C@H]4CCC[C@H](N)C4)cc3-c3ccc(C#N)c(F)c3)cc2)CC1. The molecule has 1 saturated heterocycles. The Kier molecular flexibility index (Phi) is 7.18. The molecule has 7 nitrogen and oxygen atoms in total. The summed E-state index contributed by atoms with van der Waals surface area (Å²) in [5.41, 5.74) is 8.95. The van der Waals surface area contributed by atoms with Gasteiger partial charge in [0.15, 0.2) is 0 Å². The number of rotatable bonds is 6. The molecule has 1 aliphatic carbocycles. The highest BCUT2D eigenvalue weighted by Gasteiger charge is 2.27. The molecule has 0 amide bonds. The number of hydrogen-bond donors (Lipinski definition) is 3. The van der Waals surface area contributed by atoms with Crippen LogP contribution in [0.5, 0.6) is 0 Å². The molecule has 2 heterocycles. The highest BCUT2D eigenvalue weighted by Crippen LogP contribution is 2.31. The summed E-state index contributed by atoms with van der Waals surface area (Å²) >= 11 is 0. The van der Waals surface area contributed by atoms with Gasteiger partial charge in [-0.25, -0.2) is 9.07 Å². The number of nitrogens with two attached hydrogens (primary N) is 1. The fourth-order valence-electron chi connectivity index (χ4n) is 5.45. The van der Waals surface area contributed by atoms with Crippen LogP contribution in [0.2, 0.25) is 0 Å². The van der Waals surface area contributed by atoms with Gasteiger partial charge in [0.1, 0.15) is 17.7 Å². The molecule has 194 valence electrons. The van der Waals surface area contributed by atoms with Crippen LogP contribution in [0.15, 0.2) is 48.5 Å². The number of nitriles is 1. The zero-order chi connectivity index (χ0) is 26.0. The topological polar surface area (TPSA) is 103 Å². The number of nitrogens with zero attached hydrogens (tertiary/aromatic N) is 4. The maximum Gasteiger partial charge on any atom is 0.149 e. The van der Waals surface area contributed by atoms with Crippen LogP contribution in [-0.2, 0) is 0 Å². The lowest BCUT2D eigenvalue weighted by Crippen LogP contribution is -2.42. The molecule has 8 heteroatoms. The van der Waals surface area contributed by atoms with E-state index in [1.807, 2.05) is 35.9 Å². The molecular weight excluding hydrogens is 467 g/mol. The lowest BCUT2D eigenvalue weighted by atomic mass is 9.86. The lowest BCUT2D eigenvalue weighted by Gasteiger charge is -2.37. The van der Waals surface area contributed by atoms with E-state index in [1.54, 1.807) is 6.07 Å². The van der Waals surface area contributed by atoms with Gasteiger partial charge in [0.2, 0.25) is 0 Å². The molecule has 1 aliphatic heterocycles. The molecule has 0 bridgehead atoms. The zero-order valence-corrected chi connectivity index (χ0v) is 21.3. The van der Waals surface area contributed by atoms with Crippen molar-refractivity contribution in [1.82, 2.24) is 9.78 Å². The van der Waals surface area contributed by atoms with E-state index in [1.165, 1.54) is 12.1 Å². The third-order valence-corrected chi connectivity index (χ3v) is 7.79. The summed E-state index contributed by atoms with van der Waals surface area (Å²) in [4.78, 5) is 2.28. The number of anilines is 2. The molecule has 3 aromatic rings. The van der Waals surface area contributed by atoms with Crippen LogP contribution in [0.25, 0.3) is 16.9 Å². The fraction of sp³-hybridized carbons (Fsp3) is 0.448. The minimum absolute atomic E-state index is 0.0201. The predicted molar refractivity (Wildman–Crippen MR) is 144 cm³/mol. The molecular formula is C29H35FN6O. The molecule has 4 N–H and O–H groups in total. The predicted octanol–water partition coefficient (Wildman–Crippen LogP) is 4.83. The van der Waals surface area contributed by atoms with Gasteiger partial charge in [-0.05, 0) is 81.3 Å². The van der Waals surface area contributed by atoms with Crippen LogP contribution in [-0.4, -0.2) is 46.2 Å². The molecule has 1 aromatic heterocycles. The van der Waals surface area contributed by atoms with Gasteiger partial charge in [-0.1, -0.05) is 12.5 Å². The van der Waals surface area contributed by atoms with Crippen molar-refractivity contribution in [2.75, 3.05) is 29.9 Å². The Balaban J connectivity index is 1.41. The van der Waals surface area contributed by atoms with Gasteiger partial charge in [-0.3, -0.25) is 0 Å². The van der Waals surface area contributed by atoms with Crippen molar-refractivity contribution < 1.29 is 9.50 Å².